The van der Waals surface area contributed by atoms with Crippen LogP contribution in [0.3, 0.4) is 0 Å². The van der Waals surface area contributed by atoms with E-state index in [1.54, 1.807) is 4.31 Å². The van der Waals surface area contributed by atoms with E-state index in [4.69, 9.17) is 0 Å². The van der Waals surface area contributed by atoms with Gasteiger partial charge in [0.15, 0.2) is 0 Å². The Morgan fingerprint density at radius 1 is 1.12 bits per heavy atom. The van der Waals surface area contributed by atoms with Crippen LogP contribution in [0, 0.1) is 0 Å². The Morgan fingerprint density at radius 2 is 1.71 bits per heavy atom. The zero-order valence-electron chi connectivity index (χ0n) is 10.5. The first-order chi connectivity index (χ1) is 8.20. The summed E-state index contributed by atoms with van der Waals surface area (Å²) in [6.45, 7) is 9.31. The maximum absolute atomic E-state index is 10.8. The van der Waals surface area contributed by atoms with Crippen molar-refractivity contribution in [1.82, 2.24) is 14.1 Å². The quantitative estimate of drug-likeness (QED) is 0.664. The maximum atomic E-state index is 10.8. The molecule has 0 amide bonds. The second-order valence-electron chi connectivity index (χ2n) is 4.85. The molecule has 0 N–H and O–H groups in total. The summed E-state index contributed by atoms with van der Waals surface area (Å²) in [6.07, 6.45) is 1.97. The number of hydrogen-bond acceptors (Lipinski definition) is 4. The molecule has 0 radical (unpaired) electrons. The highest BCUT2D eigenvalue weighted by Gasteiger charge is 2.27. The molecule has 0 saturated carbocycles. The van der Waals surface area contributed by atoms with Gasteiger partial charge in [0.05, 0.1) is 0 Å². The Balaban J connectivity index is 1.76. The fourth-order valence-corrected chi connectivity index (χ4v) is 3.31. The van der Waals surface area contributed by atoms with Crippen LogP contribution < -0.4 is 0 Å². The maximum Gasteiger partial charge on any atom is 0.0209 e. The summed E-state index contributed by atoms with van der Waals surface area (Å²) in [4.78, 5) is 5.01. The van der Waals surface area contributed by atoms with Gasteiger partial charge in [-0.05, 0) is 19.4 Å². The number of hydrogen-bond donors (Lipinski definition) is 0. The van der Waals surface area contributed by atoms with Crippen LogP contribution in [-0.2, 0) is 11.3 Å². The first-order valence-corrected chi connectivity index (χ1v) is 7.54. The molecule has 5 nitrogen and oxygen atoms in total. The van der Waals surface area contributed by atoms with E-state index < -0.39 is 11.3 Å². The zero-order valence-corrected chi connectivity index (χ0v) is 11.3. The highest BCUT2D eigenvalue weighted by Crippen LogP contribution is 2.18. The van der Waals surface area contributed by atoms with Crippen molar-refractivity contribution >= 4 is 11.3 Å². The van der Waals surface area contributed by atoms with E-state index in [2.05, 4.69) is 16.7 Å². The van der Waals surface area contributed by atoms with Gasteiger partial charge in [0.1, 0.15) is 0 Å². The first kappa shape index (κ1) is 13.4. The molecule has 0 aromatic carbocycles. The summed E-state index contributed by atoms with van der Waals surface area (Å²) in [5.41, 5.74) is 0. The highest BCUT2D eigenvalue weighted by atomic mass is 32.2. The lowest BCUT2D eigenvalue weighted by molar-refractivity contribution is 0.0748. The minimum Gasteiger partial charge on any atom is -0.760 e. The molecule has 2 aliphatic heterocycles. The molecular formula is C11H22N3O2S-. The number of piperazine rings is 1. The second-order valence-corrected chi connectivity index (χ2v) is 5.80. The zero-order chi connectivity index (χ0) is 12.3. The molecule has 2 rings (SSSR count). The van der Waals surface area contributed by atoms with E-state index in [0.717, 1.165) is 45.6 Å². The molecule has 0 aromatic heterocycles. The van der Waals surface area contributed by atoms with E-state index in [1.165, 1.54) is 0 Å². The van der Waals surface area contributed by atoms with Gasteiger partial charge in [0.2, 0.25) is 0 Å². The molecule has 0 bridgehead atoms. The number of nitrogens with zero attached hydrogens (tertiary/aromatic N) is 3. The van der Waals surface area contributed by atoms with Crippen LogP contribution in [0.5, 0.6) is 0 Å². The topological polar surface area (TPSA) is 49.8 Å². The van der Waals surface area contributed by atoms with Gasteiger partial charge in [-0.25, -0.2) is 4.31 Å². The van der Waals surface area contributed by atoms with Crippen LogP contribution in [0.1, 0.15) is 19.8 Å². The SMILES string of the molecule is CCN1CCN(C2CCN(S(=O)[O-])CC2)CC1. The van der Waals surface area contributed by atoms with E-state index in [0.29, 0.717) is 19.1 Å². The van der Waals surface area contributed by atoms with Crippen molar-refractivity contribution in [2.75, 3.05) is 45.8 Å². The molecule has 1 unspecified atom stereocenters. The predicted octanol–water partition coefficient (Wildman–Crippen LogP) is -0.118. The minimum absolute atomic E-state index is 0.591. The first-order valence-electron chi connectivity index (χ1n) is 6.51. The van der Waals surface area contributed by atoms with Crippen LogP contribution in [0.25, 0.3) is 0 Å². The molecule has 0 aliphatic carbocycles. The Hall–Kier alpha value is -0.0100. The molecular weight excluding hydrogens is 238 g/mol. The van der Waals surface area contributed by atoms with Crippen molar-refractivity contribution in [3.8, 4) is 0 Å². The lowest BCUT2D eigenvalue weighted by Gasteiger charge is -2.42. The van der Waals surface area contributed by atoms with Crippen molar-refractivity contribution in [3.05, 3.63) is 0 Å². The highest BCUT2D eigenvalue weighted by molar-refractivity contribution is 7.76. The predicted molar refractivity (Wildman–Crippen MR) is 67.2 cm³/mol. The van der Waals surface area contributed by atoms with E-state index in [1.807, 2.05) is 0 Å². The fraction of sp³-hybridized carbons (Fsp3) is 1.00. The summed E-state index contributed by atoms with van der Waals surface area (Å²) in [6, 6.07) is 0.591. The van der Waals surface area contributed by atoms with E-state index in [-0.39, 0.29) is 0 Å². The molecule has 2 saturated heterocycles. The lowest BCUT2D eigenvalue weighted by Crippen LogP contribution is -2.53. The van der Waals surface area contributed by atoms with Crippen molar-refractivity contribution in [2.45, 2.75) is 25.8 Å². The number of likely N-dealkylation sites (N-methyl/N-ethyl adjacent to an activating group) is 1. The molecule has 2 fully saturated rings. The summed E-state index contributed by atoms with van der Waals surface area (Å²) in [5, 5.41) is 0. The summed E-state index contributed by atoms with van der Waals surface area (Å²) in [7, 11) is 0. The molecule has 0 aromatic rings. The van der Waals surface area contributed by atoms with Gasteiger partial charge in [-0.15, -0.1) is 0 Å². The van der Waals surface area contributed by atoms with Gasteiger partial charge in [0, 0.05) is 56.6 Å². The van der Waals surface area contributed by atoms with Gasteiger partial charge in [-0.3, -0.25) is 9.11 Å². The lowest BCUT2D eigenvalue weighted by atomic mass is 10.0. The molecule has 1 atom stereocenters. The van der Waals surface area contributed by atoms with Gasteiger partial charge < -0.3 is 9.45 Å². The third kappa shape index (κ3) is 3.48. The third-order valence-corrected chi connectivity index (χ3v) is 4.79. The Bertz CT molecular complexity index is 261. The monoisotopic (exact) mass is 260 g/mol. The summed E-state index contributed by atoms with van der Waals surface area (Å²) >= 11 is -2.02. The molecule has 0 spiro atoms. The molecule has 6 heteroatoms. The van der Waals surface area contributed by atoms with Crippen LogP contribution in [0.4, 0.5) is 0 Å². The average molecular weight is 260 g/mol. The summed E-state index contributed by atoms with van der Waals surface area (Å²) in [5.74, 6) is 0. The molecule has 2 aliphatic rings. The van der Waals surface area contributed by atoms with E-state index in [9.17, 15) is 8.76 Å². The Morgan fingerprint density at radius 3 is 2.18 bits per heavy atom. The molecule has 100 valence electrons. The number of piperidine rings is 1. The summed E-state index contributed by atoms with van der Waals surface area (Å²) < 4.78 is 23.2. The van der Waals surface area contributed by atoms with Crippen LogP contribution in [0.15, 0.2) is 0 Å². The average Bonchev–Trinajstić information content (AvgIpc) is 2.39. The van der Waals surface area contributed by atoms with Crippen LogP contribution >= 0.6 is 0 Å². The van der Waals surface area contributed by atoms with Gasteiger partial charge >= 0.3 is 0 Å². The minimum atomic E-state index is -2.02. The van der Waals surface area contributed by atoms with Crippen molar-refractivity contribution in [2.24, 2.45) is 0 Å². The standard InChI is InChI=1S/C11H23N3O2S/c1-2-12-7-9-13(10-8-12)11-3-5-14(6-4-11)17(15)16/h11H,2-10H2,1H3,(H,15,16)/p-1. The smallest absolute Gasteiger partial charge is 0.0209 e. The Kier molecular flexibility index (Phi) is 4.93. The third-order valence-electron chi connectivity index (χ3n) is 4.00. The van der Waals surface area contributed by atoms with Gasteiger partial charge in [0.25, 0.3) is 0 Å². The molecule has 2 heterocycles. The number of rotatable bonds is 3. The normalized spacial score (nSPS) is 28.4. The van der Waals surface area contributed by atoms with E-state index >= 15 is 0 Å². The fourth-order valence-electron chi connectivity index (χ4n) is 2.80. The Labute approximate surface area is 106 Å². The van der Waals surface area contributed by atoms with Crippen LogP contribution in [0.2, 0.25) is 0 Å². The second kappa shape index (κ2) is 6.24. The largest absolute Gasteiger partial charge is 0.760 e. The van der Waals surface area contributed by atoms with Crippen molar-refractivity contribution < 1.29 is 8.76 Å². The van der Waals surface area contributed by atoms with Gasteiger partial charge in [-0.1, -0.05) is 6.92 Å². The van der Waals surface area contributed by atoms with Crippen LogP contribution in [-0.4, -0.2) is 74.7 Å². The van der Waals surface area contributed by atoms with Crippen molar-refractivity contribution in [3.63, 3.8) is 0 Å². The van der Waals surface area contributed by atoms with Gasteiger partial charge in [-0.2, -0.15) is 0 Å². The van der Waals surface area contributed by atoms with Crippen molar-refractivity contribution in [1.29, 1.82) is 0 Å². The molecule has 17 heavy (non-hydrogen) atoms.